The van der Waals surface area contributed by atoms with Gasteiger partial charge < -0.3 is 20.7 Å². The standard InChI is InChI=1S/C12H17NO3/c13-11(8-4-6-16-7-5-8)9-2-1-3-10(14)12(9)15/h1-3,8,11,14-15H,4-7,13H2/t11-/m1/s1. The Morgan fingerprint density at radius 3 is 2.62 bits per heavy atom. The molecule has 0 bridgehead atoms. The van der Waals surface area contributed by atoms with Crippen molar-refractivity contribution in [2.45, 2.75) is 18.9 Å². The summed E-state index contributed by atoms with van der Waals surface area (Å²) in [5, 5.41) is 19.2. The van der Waals surface area contributed by atoms with Crippen LogP contribution in [0.3, 0.4) is 0 Å². The number of phenols is 2. The van der Waals surface area contributed by atoms with Gasteiger partial charge in [-0.25, -0.2) is 0 Å². The zero-order valence-electron chi connectivity index (χ0n) is 9.10. The van der Waals surface area contributed by atoms with E-state index in [1.54, 1.807) is 12.1 Å². The molecule has 4 heteroatoms. The van der Waals surface area contributed by atoms with E-state index in [9.17, 15) is 10.2 Å². The van der Waals surface area contributed by atoms with E-state index in [-0.39, 0.29) is 17.5 Å². The van der Waals surface area contributed by atoms with Crippen LogP contribution in [0.2, 0.25) is 0 Å². The molecule has 16 heavy (non-hydrogen) atoms. The van der Waals surface area contributed by atoms with Gasteiger partial charge in [0, 0.05) is 24.8 Å². The molecular formula is C12H17NO3. The van der Waals surface area contributed by atoms with Crippen molar-refractivity contribution >= 4 is 0 Å². The van der Waals surface area contributed by atoms with Gasteiger partial charge in [-0.15, -0.1) is 0 Å². The van der Waals surface area contributed by atoms with Crippen LogP contribution >= 0.6 is 0 Å². The molecule has 88 valence electrons. The number of ether oxygens (including phenoxy) is 1. The second-order valence-corrected chi connectivity index (χ2v) is 4.19. The third kappa shape index (κ3) is 2.13. The van der Waals surface area contributed by atoms with E-state index in [1.165, 1.54) is 6.07 Å². The Balaban J connectivity index is 2.19. The van der Waals surface area contributed by atoms with E-state index in [2.05, 4.69) is 0 Å². The summed E-state index contributed by atoms with van der Waals surface area (Å²) in [5.74, 6) is 0.1000. The Labute approximate surface area is 94.7 Å². The van der Waals surface area contributed by atoms with Crippen molar-refractivity contribution in [1.29, 1.82) is 0 Å². The summed E-state index contributed by atoms with van der Waals surface area (Å²) in [7, 11) is 0. The predicted octanol–water partition coefficient (Wildman–Crippen LogP) is 1.52. The largest absolute Gasteiger partial charge is 0.504 e. The van der Waals surface area contributed by atoms with Crippen molar-refractivity contribution < 1.29 is 14.9 Å². The van der Waals surface area contributed by atoms with E-state index in [4.69, 9.17) is 10.5 Å². The van der Waals surface area contributed by atoms with Crippen LogP contribution in [0.15, 0.2) is 18.2 Å². The van der Waals surface area contributed by atoms with Gasteiger partial charge in [-0.05, 0) is 24.8 Å². The number of hydrogen-bond donors (Lipinski definition) is 3. The molecule has 1 atom stereocenters. The molecule has 0 amide bonds. The van der Waals surface area contributed by atoms with E-state index >= 15 is 0 Å². The second kappa shape index (κ2) is 4.72. The number of benzene rings is 1. The van der Waals surface area contributed by atoms with Crippen molar-refractivity contribution in [3.05, 3.63) is 23.8 Å². The molecule has 0 spiro atoms. The van der Waals surface area contributed by atoms with Gasteiger partial charge in [0.15, 0.2) is 11.5 Å². The van der Waals surface area contributed by atoms with Crippen LogP contribution in [-0.2, 0) is 4.74 Å². The summed E-state index contributed by atoms with van der Waals surface area (Å²) in [6.45, 7) is 1.44. The molecule has 0 aromatic heterocycles. The van der Waals surface area contributed by atoms with Crippen LogP contribution in [0.25, 0.3) is 0 Å². The van der Waals surface area contributed by atoms with Crippen molar-refractivity contribution in [2.75, 3.05) is 13.2 Å². The predicted molar refractivity (Wildman–Crippen MR) is 60.2 cm³/mol. The number of rotatable bonds is 2. The van der Waals surface area contributed by atoms with Crippen molar-refractivity contribution in [2.24, 2.45) is 11.7 Å². The highest BCUT2D eigenvalue weighted by atomic mass is 16.5. The zero-order chi connectivity index (χ0) is 11.5. The molecule has 1 fully saturated rings. The third-order valence-corrected chi connectivity index (χ3v) is 3.18. The molecule has 4 nitrogen and oxygen atoms in total. The van der Waals surface area contributed by atoms with Crippen LogP contribution in [0.5, 0.6) is 11.5 Å². The first-order valence-electron chi connectivity index (χ1n) is 5.54. The van der Waals surface area contributed by atoms with E-state index in [0.717, 1.165) is 26.1 Å². The fourth-order valence-corrected chi connectivity index (χ4v) is 2.15. The molecule has 0 radical (unpaired) electrons. The van der Waals surface area contributed by atoms with Gasteiger partial charge in [-0.2, -0.15) is 0 Å². The summed E-state index contributed by atoms with van der Waals surface area (Å²) >= 11 is 0. The minimum Gasteiger partial charge on any atom is -0.504 e. The van der Waals surface area contributed by atoms with E-state index < -0.39 is 0 Å². The van der Waals surface area contributed by atoms with Gasteiger partial charge in [0.1, 0.15) is 0 Å². The minimum atomic E-state index is -0.240. The van der Waals surface area contributed by atoms with Crippen LogP contribution in [0, 0.1) is 5.92 Å². The first kappa shape index (κ1) is 11.2. The smallest absolute Gasteiger partial charge is 0.162 e. The SMILES string of the molecule is N[C@@H](c1cccc(O)c1O)C1CCOCC1. The zero-order valence-corrected chi connectivity index (χ0v) is 9.10. The molecule has 0 saturated carbocycles. The summed E-state index contributed by atoms with van der Waals surface area (Å²) < 4.78 is 5.27. The number of aromatic hydroxyl groups is 2. The lowest BCUT2D eigenvalue weighted by Gasteiger charge is -2.28. The number of para-hydroxylation sites is 1. The first-order valence-corrected chi connectivity index (χ1v) is 5.54. The number of phenolic OH excluding ortho intramolecular Hbond substituents is 2. The topological polar surface area (TPSA) is 75.7 Å². The maximum absolute atomic E-state index is 9.74. The minimum absolute atomic E-state index is 0.0958. The third-order valence-electron chi connectivity index (χ3n) is 3.18. The maximum atomic E-state index is 9.74. The Morgan fingerprint density at radius 2 is 1.94 bits per heavy atom. The average molecular weight is 223 g/mol. The van der Waals surface area contributed by atoms with Crippen LogP contribution < -0.4 is 5.73 Å². The van der Waals surface area contributed by atoms with Gasteiger partial charge in [0.2, 0.25) is 0 Å². The van der Waals surface area contributed by atoms with Gasteiger partial charge >= 0.3 is 0 Å². The maximum Gasteiger partial charge on any atom is 0.162 e. The molecule has 1 heterocycles. The van der Waals surface area contributed by atoms with Gasteiger partial charge in [0.25, 0.3) is 0 Å². The molecule has 1 aromatic rings. The van der Waals surface area contributed by atoms with Crippen LogP contribution in [-0.4, -0.2) is 23.4 Å². The lowest BCUT2D eigenvalue weighted by atomic mass is 9.87. The molecule has 2 rings (SSSR count). The fourth-order valence-electron chi connectivity index (χ4n) is 2.15. The Morgan fingerprint density at radius 1 is 1.25 bits per heavy atom. The number of hydrogen-bond acceptors (Lipinski definition) is 4. The molecule has 4 N–H and O–H groups in total. The Kier molecular flexibility index (Phi) is 3.31. The fraction of sp³-hybridized carbons (Fsp3) is 0.500. The van der Waals surface area contributed by atoms with Gasteiger partial charge in [-0.3, -0.25) is 0 Å². The summed E-state index contributed by atoms with van der Waals surface area (Å²) in [6.07, 6.45) is 1.80. The lowest BCUT2D eigenvalue weighted by molar-refractivity contribution is 0.0581. The molecule has 1 aromatic carbocycles. The summed E-state index contributed by atoms with van der Waals surface area (Å²) in [4.78, 5) is 0. The highest BCUT2D eigenvalue weighted by Crippen LogP contribution is 2.37. The first-order chi connectivity index (χ1) is 7.70. The molecule has 1 aliphatic heterocycles. The van der Waals surface area contributed by atoms with Crippen LogP contribution in [0.4, 0.5) is 0 Å². The average Bonchev–Trinajstić information content (AvgIpc) is 2.33. The normalized spacial score (nSPS) is 19.6. The Hall–Kier alpha value is -1.26. The number of nitrogens with two attached hydrogens (primary N) is 1. The highest BCUT2D eigenvalue weighted by Gasteiger charge is 2.24. The summed E-state index contributed by atoms with van der Waals surface area (Å²) in [5.41, 5.74) is 6.73. The summed E-state index contributed by atoms with van der Waals surface area (Å²) in [6, 6.07) is 4.67. The lowest BCUT2D eigenvalue weighted by Crippen LogP contribution is -2.27. The monoisotopic (exact) mass is 223 g/mol. The van der Waals surface area contributed by atoms with Crippen LogP contribution in [0.1, 0.15) is 24.4 Å². The Bertz CT molecular complexity index is 361. The molecule has 0 aliphatic carbocycles. The van der Waals surface area contributed by atoms with Crippen molar-refractivity contribution in [3.8, 4) is 11.5 Å². The van der Waals surface area contributed by atoms with Gasteiger partial charge in [-0.1, -0.05) is 12.1 Å². The highest BCUT2D eigenvalue weighted by molar-refractivity contribution is 5.45. The van der Waals surface area contributed by atoms with Gasteiger partial charge in [0.05, 0.1) is 0 Å². The van der Waals surface area contributed by atoms with Crippen molar-refractivity contribution in [3.63, 3.8) is 0 Å². The molecule has 1 saturated heterocycles. The quantitative estimate of drug-likeness (QED) is 0.664. The molecular weight excluding hydrogens is 206 g/mol. The second-order valence-electron chi connectivity index (χ2n) is 4.19. The molecule has 1 aliphatic rings. The van der Waals surface area contributed by atoms with E-state index in [0.29, 0.717) is 11.5 Å². The molecule has 0 unspecified atom stereocenters. The van der Waals surface area contributed by atoms with E-state index in [1.807, 2.05) is 0 Å². The van der Waals surface area contributed by atoms with Crippen molar-refractivity contribution in [1.82, 2.24) is 0 Å².